The molecule has 0 aliphatic heterocycles. The number of carbonyl (C=O) groups excluding carboxylic acids is 1. The molecule has 2 aromatic carbocycles. The number of ether oxygens (including phenoxy) is 2. The van der Waals surface area contributed by atoms with Gasteiger partial charge in [-0.1, -0.05) is 6.07 Å². The summed E-state index contributed by atoms with van der Waals surface area (Å²) in [6.07, 6.45) is 1.69. The van der Waals surface area contributed by atoms with Gasteiger partial charge >= 0.3 is 11.7 Å². The Morgan fingerprint density at radius 3 is 2.84 bits per heavy atom. The summed E-state index contributed by atoms with van der Waals surface area (Å²) in [6.45, 7) is 1.70. The fourth-order valence-corrected chi connectivity index (χ4v) is 2.79. The van der Waals surface area contributed by atoms with E-state index in [1.54, 1.807) is 42.6 Å². The quantitative estimate of drug-likeness (QED) is 0.385. The molecule has 0 aliphatic carbocycles. The zero-order valence-corrected chi connectivity index (χ0v) is 16.8. The van der Waals surface area contributed by atoms with E-state index in [9.17, 15) is 9.59 Å². The van der Waals surface area contributed by atoms with E-state index in [0.717, 1.165) is 11.3 Å². The molecule has 10 heteroatoms. The Labute approximate surface area is 176 Å². The number of aryl methyl sites for hydroxylation is 1. The van der Waals surface area contributed by atoms with Gasteiger partial charge in [0.2, 0.25) is 5.95 Å². The molecule has 4 aromatic rings. The molecular weight excluding hydrogens is 402 g/mol. The maximum Gasteiger partial charge on any atom is 0.417 e. The van der Waals surface area contributed by atoms with E-state index < -0.39 is 11.7 Å². The molecule has 0 unspecified atom stereocenters. The van der Waals surface area contributed by atoms with Crippen LogP contribution in [0.3, 0.4) is 0 Å². The van der Waals surface area contributed by atoms with Gasteiger partial charge in [0.25, 0.3) is 0 Å². The highest BCUT2D eigenvalue weighted by Gasteiger charge is 2.08. The molecule has 10 nitrogen and oxygen atoms in total. The second-order valence-electron chi connectivity index (χ2n) is 6.59. The first-order valence-corrected chi connectivity index (χ1v) is 9.30. The maximum atomic E-state index is 11.3. The predicted molar refractivity (Wildman–Crippen MR) is 114 cm³/mol. The number of hydrogen-bond donors (Lipinski definition) is 3. The fourth-order valence-electron chi connectivity index (χ4n) is 2.79. The third-order valence-electron chi connectivity index (χ3n) is 4.33. The fraction of sp³-hybridized carbons (Fsp3) is 0.143. The molecule has 0 bridgehead atoms. The number of methoxy groups -OCH3 is 1. The number of anilines is 4. The van der Waals surface area contributed by atoms with Gasteiger partial charge in [0, 0.05) is 29.2 Å². The van der Waals surface area contributed by atoms with E-state index in [1.165, 1.54) is 7.11 Å². The molecule has 0 amide bonds. The molecule has 31 heavy (non-hydrogen) atoms. The molecule has 0 spiro atoms. The number of hydrogen-bond acceptors (Lipinski definition) is 9. The number of rotatable bonds is 7. The number of aromatic nitrogens is 3. The Kier molecular flexibility index (Phi) is 5.52. The molecule has 0 saturated carbocycles. The second-order valence-corrected chi connectivity index (χ2v) is 6.59. The summed E-state index contributed by atoms with van der Waals surface area (Å²) in [6, 6.07) is 12.3. The van der Waals surface area contributed by atoms with Crippen molar-refractivity contribution < 1.29 is 18.7 Å². The molecule has 0 aliphatic rings. The van der Waals surface area contributed by atoms with E-state index in [1.807, 2.05) is 13.0 Å². The van der Waals surface area contributed by atoms with Crippen molar-refractivity contribution in [1.82, 2.24) is 15.0 Å². The minimum atomic E-state index is -0.505. The molecule has 4 rings (SSSR count). The van der Waals surface area contributed by atoms with Gasteiger partial charge in [-0.15, -0.1) is 0 Å². The Morgan fingerprint density at radius 1 is 1.16 bits per heavy atom. The first-order chi connectivity index (χ1) is 15.0. The van der Waals surface area contributed by atoms with Gasteiger partial charge in [-0.05, 0) is 37.3 Å². The maximum absolute atomic E-state index is 11.3. The van der Waals surface area contributed by atoms with Gasteiger partial charge in [0.1, 0.15) is 11.6 Å². The lowest BCUT2D eigenvalue weighted by Gasteiger charge is -2.12. The largest absolute Gasteiger partial charge is 0.482 e. The predicted octanol–water partition coefficient (Wildman–Crippen LogP) is 3.26. The van der Waals surface area contributed by atoms with Crippen LogP contribution in [0.5, 0.6) is 5.75 Å². The summed E-state index contributed by atoms with van der Waals surface area (Å²) in [4.78, 5) is 34.0. The van der Waals surface area contributed by atoms with Crippen LogP contribution in [0.25, 0.3) is 11.1 Å². The molecule has 2 aromatic heterocycles. The van der Waals surface area contributed by atoms with Crippen molar-refractivity contribution in [3.63, 3.8) is 0 Å². The average molecular weight is 421 g/mol. The number of esters is 1. The lowest BCUT2D eigenvalue weighted by Crippen LogP contribution is -2.12. The van der Waals surface area contributed by atoms with E-state index in [0.29, 0.717) is 34.3 Å². The smallest absolute Gasteiger partial charge is 0.417 e. The summed E-state index contributed by atoms with van der Waals surface area (Å²) in [5.74, 6) is 0.503. The highest BCUT2D eigenvalue weighted by molar-refractivity contribution is 5.78. The van der Waals surface area contributed by atoms with Crippen LogP contribution in [0.2, 0.25) is 0 Å². The van der Waals surface area contributed by atoms with Crippen LogP contribution >= 0.6 is 0 Å². The number of fused-ring (bicyclic) bond motifs is 1. The van der Waals surface area contributed by atoms with E-state index >= 15 is 0 Å². The van der Waals surface area contributed by atoms with Gasteiger partial charge in [-0.3, -0.25) is 4.98 Å². The van der Waals surface area contributed by atoms with Gasteiger partial charge in [0.05, 0.1) is 12.6 Å². The number of nitrogens with zero attached hydrogens (tertiary/aromatic N) is 2. The van der Waals surface area contributed by atoms with Crippen molar-refractivity contribution in [3.05, 3.63) is 64.8 Å². The van der Waals surface area contributed by atoms with Crippen molar-refractivity contribution >= 4 is 40.2 Å². The first-order valence-electron chi connectivity index (χ1n) is 9.30. The molecular formula is C21H19N5O5. The minimum absolute atomic E-state index is 0.179. The van der Waals surface area contributed by atoms with Crippen molar-refractivity contribution in [2.24, 2.45) is 0 Å². The van der Waals surface area contributed by atoms with Crippen LogP contribution in [0.1, 0.15) is 5.56 Å². The summed E-state index contributed by atoms with van der Waals surface area (Å²) in [5.41, 5.74) is 3.32. The highest BCUT2D eigenvalue weighted by atomic mass is 16.6. The van der Waals surface area contributed by atoms with Crippen LogP contribution in [0, 0.1) is 6.92 Å². The van der Waals surface area contributed by atoms with Crippen LogP contribution < -0.4 is 21.1 Å². The molecule has 158 valence electrons. The molecule has 2 heterocycles. The first kappa shape index (κ1) is 20.0. The lowest BCUT2D eigenvalue weighted by molar-refractivity contribution is -0.142. The number of aromatic amines is 1. The third kappa shape index (κ3) is 4.81. The van der Waals surface area contributed by atoms with Crippen LogP contribution in [0.4, 0.5) is 23.1 Å². The zero-order chi connectivity index (χ0) is 21.8. The monoisotopic (exact) mass is 421 g/mol. The summed E-state index contributed by atoms with van der Waals surface area (Å²) >= 11 is 0. The topological polar surface area (TPSA) is 131 Å². The molecule has 0 atom stereocenters. The summed E-state index contributed by atoms with van der Waals surface area (Å²) in [5, 5.41) is 6.33. The lowest BCUT2D eigenvalue weighted by atomic mass is 10.2. The van der Waals surface area contributed by atoms with Crippen LogP contribution in [-0.4, -0.2) is 34.6 Å². The number of nitrogens with one attached hydrogen (secondary N) is 3. The summed E-state index contributed by atoms with van der Waals surface area (Å²) in [7, 11) is 1.30. The number of benzene rings is 2. The highest BCUT2D eigenvalue weighted by Crippen LogP contribution is 2.24. The number of H-pyrrole nitrogens is 1. The summed E-state index contributed by atoms with van der Waals surface area (Å²) < 4.78 is 15.0. The van der Waals surface area contributed by atoms with E-state index in [-0.39, 0.29) is 6.61 Å². The van der Waals surface area contributed by atoms with Crippen LogP contribution in [0.15, 0.2) is 57.9 Å². The van der Waals surface area contributed by atoms with Gasteiger partial charge in [0.15, 0.2) is 12.2 Å². The molecule has 0 saturated heterocycles. The van der Waals surface area contributed by atoms with Gasteiger partial charge in [-0.25, -0.2) is 14.6 Å². The Bertz CT molecular complexity index is 1300. The van der Waals surface area contributed by atoms with Gasteiger partial charge in [-0.2, -0.15) is 4.98 Å². The van der Waals surface area contributed by atoms with E-state index in [2.05, 4.69) is 30.3 Å². The Morgan fingerprint density at radius 2 is 2.00 bits per heavy atom. The van der Waals surface area contributed by atoms with E-state index in [4.69, 9.17) is 9.15 Å². The number of carbonyl (C=O) groups is 1. The minimum Gasteiger partial charge on any atom is -0.482 e. The normalized spacial score (nSPS) is 10.6. The molecule has 0 radical (unpaired) electrons. The third-order valence-corrected chi connectivity index (χ3v) is 4.33. The number of oxazole rings is 1. The Hall–Kier alpha value is -4.34. The Balaban J connectivity index is 1.51. The zero-order valence-electron chi connectivity index (χ0n) is 16.8. The standard InChI is InChI=1S/C21H19N5O5/c1-12-10-22-20(24-13-4-3-5-15(8-13)30-11-18(27)29-2)26-19(12)23-14-6-7-17-16(9-14)25-21(28)31-17/h3-10H,11H2,1-2H3,(H,25,28)(H2,22,23,24,26). The van der Waals surface area contributed by atoms with Crippen molar-refractivity contribution in [2.45, 2.75) is 6.92 Å². The van der Waals surface area contributed by atoms with Gasteiger partial charge < -0.3 is 24.5 Å². The SMILES string of the molecule is COC(=O)COc1cccc(Nc2ncc(C)c(Nc3ccc4oc(=O)[nH]c4c3)n2)c1. The second kappa shape index (κ2) is 8.57. The average Bonchev–Trinajstić information content (AvgIpc) is 3.14. The molecule has 0 fully saturated rings. The van der Waals surface area contributed by atoms with Crippen molar-refractivity contribution in [2.75, 3.05) is 24.4 Å². The van der Waals surface area contributed by atoms with Crippen LogP contribution in [-0.2, 0) is 9.53 Å². The molecule has 3 N–H and O–H groups in total. The van der Waals surface area contributed by atoms with Crippen molar-refractivity contribution in [3.8, 4) is 5.75 Å². The van der Waals surface area contributed by atoms with Crippen molar-refractivity contribution in [1.29, 1.82) is 0 Å².